The van der Waals surface area contributed by atoms with E-state index >= 15 is 0 Å². The summed E-state index contributed by atoms with van der Waals surface area (Å²) in [5, 5.41) is 3.07. The fourth-order valence-electron chi connectivity index (χ4n) is 4.60. The molecule has 1 aliphatic heterocycles. The Labute approximate surface area is 269 Å². The molecule has 1 amide bonds. The number of amides is 1. The Kier molecular flexibility index (Phi) is 27.0. The minimum absolute atomic E-state index is 0.00364. The molecule has 1 rings (SSSR count). The van der Waals surface area contributed by atoms with Crippen LogP contribution in [0.3, 0.4) is 0 Å². The molecule has 0 saturated carbocycles. The number of rotatable bonds is 21. The predicted octanol–water partition coefficient (Wildman–Crippen LogP) is 6.46. The molecule has 1 unspecified atom stereocenters. The first-order chi connectivity index (χ1) is 21.3. The Morgan fingerprint density at radius 1 is 0.773 bits per heavy atom. The lowest BCUT2D eigenvalue weighted by molar-refractivity contribution is -0.121. The molecule has 44 heavy (non-hydrogen) atoms. The van der Waals surface area contributed by atoms with Gasteiger partial charge in [-0.3, -0.25) is 4.79 Å². The summed E-state index contributed by atoms with van der Waals surface area (Å²) in [5.41, 5.74) is 0. The summed E-state index contributed by atoms with van der Waals surface area (Å²) in [7, 11) is 0. The van der Waals surface area contributed by atoms with Crippen LogP contribution < -0.4 is 5.32 Å². The zero-order valence-corrected chi connectivity index (χ0v) is 28.3. The molecule has 1 aliphatic rings. The van der Waals surface area contributed by atoms with Crippen molar-refractivity contribution in [2.75, 3.05) is 19.8 Å². The molecule has 1 heterocycles. The number of nitrogens with one attached hydrogen (secondary N) is 1. The fraction of sp³-hybridized carbons (Fsp3) is 0.711. The summed E-state index contributed by atoms with van der Waals surface area (Å²) in [4.78, 5) is 11.9. The van der Waals surface area contributed by atoms with Gasteiger partial charge in [0.15, 0.2) is 0 Å². The van der Waals surface area contributed by atoms with E-state index in [9.17, 15) is 4.79 Å². The predicted molar refractivity (Wildman–Crippen MR) is 180 cm³/mol. The van der Waals surface area contributed by atoms with Crippen molar-refractivity contribution in [1.82, 2.24) is 5.32 Å². The largest absolute Gasteiger partial charge is 0.376 e. The van der Waals surface area contributed by atoms with Crippen LogP contribution in [0.4, 0.5) is 0 Å². The van der Waals surface area contributed by atoms with Gasteiger partial charge >= 0.3 is 0 Å². The molecular weight excluding hydrogens is 550 g/mol. The molecule has 0 radical (unpaired) electrons. The van der Waals surface area contributed by atoms with Crippen LogP contribution in [0.2, 0.25) is 0 Å². The summed E-state index contributed by atoms with van der Waals surface area (Å²) in [5.74, 6) is 18.6. The standard InChI is InChI=1S/C28H55NO5.C10H2/c1-7-8-9-10-11-12-15-18-26(30)29-19-16-13-14-17-20-31-27-24(6)34-25(21-32-22(2)3)28(27)33-23(4)5;1-3-5-7-9-10-8-6-4-2/h22-25,27-28H,7-21H2,1-6H3,(H,29,30);1-2H/t24-,25?,27-,28+;/m0./s1. The van der Waals surface area contributed by atoms with E-state index in [4.69, 9.17) is 31.8 Å². The average molecular weight is 608 g/mol. The van der Waals surface area contributed by atoms with Gasteiger partial charge in [0.1, 0.15) is 18.3 Å². The molecular formula is C38H57NO5. The van der Waals surface area contributed by atoms with Crippen molar-refractivity contribution in [3.8, 4) is 60.2 Å². The van der Waals surface area contributed by atoms with E-state index in [0.717, 1.165) is 38.6 Å². The number of unbranched alkanes of at least 4 members (excludes halogenated alkanes) is 9. The van der Waals surface area contributed by atoms with Crippen molar-refractivity contribution in [2.24, 2.45) is 0 Å². The molecule has 0 aromatic rings. The van der Waals surface area contributed by atoms with Gasteiger partial charge in [-0.2, -0.15) is 0 Å². The van der Waals surface area contributed by atoms with E-state index in [1.165, 1.54) is 38.5 Å². The number of terminal acetylenes is 2. The van der Waals surface area contributed by atoms with Crippen LogP contribution in [-0.2, 0) is 23.7 Å². The third kappa shape index (κ3) is 23.6. The highest BCUT2D eigenvalue weighted by Gasteiger charge is 2.44. The van der Waals surface area contributed by atoms with E-state index < -0.39 is 0 Å². The zero-order chi connectivity index (χ0) is 32.8. The summed E-state index contributed by atoms with van der Waals surface area (Å²) in [6.45, 7) is 14.5. The van der Waals surface area contributed by atoms with Crippen LogP contribution >= 0.6 is 0 Å². The molecule has 0 bridgehead atoms. The lowest BCUT2D eigenvalue weighted by atomic mass is 10.1. The smallest absolute Gasteiger partial charge is 0.219 e. The zero-order valence-electron chi connectivity index (χ0n) is 28.3. The quantitative estimate of drug-likeness (QED) is 0.120. The van der Waals surface area contributed by atoms with E-state index in [2.05, 4.69) is 66.5 Å². The van der Waals surface area contributed by atoms with Crippen LogP contribution in [0.25, 0.3) is 0 Å². The Bertz CT molecular complexity index is 982. The van der Waals surface area contributed by atoms with Gasteiger partial charge in [0, 0.05) is 19.6 Å². The normalized spacial score (nSPS) is 18.3. The molecule has 1 fully saturated rings. The van der Waals surface area contributed by atoms with Crippen LogP contribution in [0.1, 0.15) is 119 Å². The van der Waals surface area contributed by atoms with Gasteiger partial charge in [0.25, 0.3) is 0 Å². The van der Waals surface area contributed by atoms with Crippen molar-refractivity contribution in [3.63, 3.8) is 0 Å². The van der Waals surface area contributed by atoms with Crippen LogP contribution in [0, 0.1) is 60.2 Å². The summed E-state index contributed by atoms with van der Waals surface area (Å²) < 4.78 is 24.3. The van der Waals surface area contributed by atoms with E-state index in [-0.39, 0.29) is 42.5 Å². The SMILES string of the molecule is C#CC#CC#CC#CC#C.CCCCCCCCCC(=O)NCCCCCCO[C@H]1[C@H](C)OC(COC(C)C)[C@H]1OC(C)C. The second-order valence-corrected chi connectivity index (χ2v) is 11.4. The molecule has 0 aromatic heterocycles. The Balaban J connectivity index is 0.00000158. The molecule has 6 nitrogen and oxygen atoms in total. The third-order valence-corrected chi connectivity index (χ3v) is 6.73. The number of carbonyl (C=O) groups excluding carboxylic acids is 1. The van der Waals surface area contributed by atoms with E-state index in [1.807, 2.05) is 27.7 Å². The lowest BCUT2D eigenvalue weighted by Crippen LogP contribution is -2.40. The van der Waals surface area contributed by atoms with Crippen LogP contribution in [0.5, 0.6) is 0 Å². The number of hydrogen-bond acceptors (Lipinski definition) is 5. The van der Waals surface area contributed by atoms with Gasteiger partial charge in [0.05, 0.1) is 24.9 Å². The van der Waals surface area contributed by atoms with Gasteiger partial charge in [-0.05, 0) is 101 Å². The Morgan fingerprint density at radius 3 is 1.93 bits per heavy atom. The molecule has 6 heteroatoms. The minimum Gasteiger partial charge on any atom is -0.376 e. The first-order valence-electron chi connectivity index (χ1n) is 16.5. The minimum atomic E-state index is -0.0969. The second kappa shape index (κ2) is 28.9. The molecule has 1 N–H and O–H groups in total. The number of ether oxygens (including phenoxy) is 4. The van der Waals surface area contributed by atoms with E-state index in [0.29, 0.717) is 19.6 Å². The molecule has 1 saturated heterocycles. The van der Waals surface area contributed by atoms with Crippen molar-refractivity contribution in [1.29, 1.82) is 0 Å². The summed E-state index contributed by atoms with van der Waals surface area (Å²) in [6, 6.07) is 0. The number of carbonyl (C=O) groups is 1. The Morgan fingerprint density at radius 2 is 1.34 bits per heavy atom. The molecule has 0 spiro atoms. The molecule has 0 aliphatic carbocycles. The molecule has 4 atom stereocenters. The van der Waals surface area contributed by atoms with Gasteiger partial charge in [-0.25, -0.2) is 0 Å². The van der Waals surface area contributed by atoms with Crippen LogP contribution in [0.15, 0.2) is 0 Å². The fourth-order valence-corrected chi connectivity index (χ4v) is 4.60. The monoisotopic (exact) mass is 607 g/mol. The van der Waals surface area contributed by atoms with Crippen molar-refractivity contribution in [3.05, 3.63) is 0 Å². The number of hydrogen-bond donors (Lipinski definition) is 1. The average Bonchev–Trinajstić information content (AvgIpc) is 3.27. The maximum absolute atomic E-state index is 11.9. The first kappa shape index (κ1) is 41.1. The lowest BCUT2D eigenvalue weighted by Gasteiger charge is -2.26. The van der Waals surface area contributed by atoms with Crippen molar-refractivity contribution < 1.29 is 23.7 Å². The van der Waals surface area contributed by atoms with Gasteiger partial charge in [-0.15, -0.1) is 12.8 Å². The van der Waals surface area contributed by atoms with Gasteiger partial charge in [-0.1, -0.05) is 58.3 Å². The maximum atomic E-state index is 11.9. The first-order valence-corrected chi connectivity index (χ1v) is 16.5. The maximum Gasteiger partial charge on any atom is 0.219 e. The van der Waals surface area contributed by atoms with E-state index in [1.54, 1.807) is 0 Å². The highest BCUT2D eigenvalue weighted by atomic mass is 16.6. The van der Waals surface area contributed by atoms with Gasteiger partial charge in [0.2, 0.25) is 5.91 Å². The van der Waals surface area contributed by atoms with Crippen LogP contribution in [-0.4, -0.2) is 62.3 Å². The second-order valence-electron chi connectivity index (χ2n) is 11.4. The highest BCUT2D eigenvalue weighted by Crippen LogP contribution is 2.28. The van der Waals surface area contributed by atoms with Gasteiger partial charge < -0.3 is 24.3 Å². The molecule has 244 valence electrons. The topological polar surface area (TPSA) is 66.0 Å². The summed E-state index contributed by atoms with van der Waals surface area (Å²) in [6.07, 6.45) is 23.3. The van der Waals surface area contributed by atoms with Crippen molar-refractivity contribution in [2.45, 2.75) is 155 Å². The summed E-state index contributed by atoms with van der Waals surface area (Å²) >= 11 is 0. The highest BCUT2D eigenvalue weighted by molar-refractivity contribution is 5.75. The molecule has 0 aromatic carbocycles. The Hall–Kier alpha value is -2.89. The third-order valence-electron chi connectivity index (χ3n) is 6.73. The van der Waals surface area contributed by atoms with Crippen molar-refractivity contribution >= 4 is 5.91 Å².